The van der Waals surface area contributed by atoms with Crippen LogP contribution in [0.4, 0.5) is 5.69 Å². The molecule has 0 fully saturated rings. The zero-order chi connectivity index (χ0) is 15.1. The Kier molecular flexibility index (Phi) is 5.04. The van der Waals surface area contributed by atoms with Gasteiger partial charge in [0.05, 0.1) is 0 Å². The number of hydrogen-bond donors (Lipinski definition) is 3. The summed E-state index contributed by atoms with van der Waals surface area (Å²) in [4.78, 5) is 32.0. The first-order chi connectivity index (χ1) is 9.38. The van der Waals surface area contributed by atoms with Crippen molar-refractivity contribution in [3.63, 3.8) is 0 Å². The summed E-state index contributed by atoms with van der Waals surface area (Å²) in [5, 5.41) is 30.4. The number of hydrogen-bond acceptors (Lipinski definition) is 4. The molecule has 1 radical (unpaired) electrons. The van der Waals surface area contributed by atoms with Crippen LogP contribution in [0.1, 0.15) is 5.56 Å². The average molecular weight is 276 g/mol. The van der Waals surface area contributed by atoms with Gasteiger partial charge in [-0.05, 0) is 24.3 Å². The highest BCUT2D eigenvalue weighted by atomic mass is 16.4. The summed E-state index contributed by atoms with van der Waals surface area (Å²) in [7, 11) is 0. The molecule has 0 heterocycles. The molecule has 1 amide bonds. The minimum absolute atomic E-state index is 0.123. The lowest BCUT2D eigenvalue weighted by atomic mass is 10.1. The Morgan fingerprint density at radius 2 is 1.80 bits per heavy atom. The molecule has 0 saturated heterocycles. The van der Waals surface area contributed by atoms with Crippen LogP contribution in [-0.2, 0) is 19.5 Å². The molecular formula is C13H10NO6. The van der Waals surface area contributed by atoms with E-state index in [1.165, 1.54) is 18.2 Å². The minimum atomic E-state index is -1.43. The molecule has 0 aromatic heterocycles. The summed E-state index contributed by atoms with van der Waals surface area (Å²) in [5.41, 5.74) is 0.437. The molecule has 1 aromatic carbocycles. The van der Waals surface area contributed by atoms with Crippen molar-refractivity contribution in [2.45, 2.75) is 0 Å². The first-order valence-electron chi connectivity index (χ1n) is 5.32. The second-order valence-electron chi connectivity index (χ2n) is 3.58. The molecule has 7 nitrogen and oxygen atoms in total. The number of carboxylic acid groups (broad SMARTS) is 1. The van der Waals surface area contributed by atoms with Gasteiger partial charge in [-0.25, -0.2) is 14.7 Å². The number of phenols is 1. The van der Waals surface area contributed by atoms with Gasteiger partial charge in [-0.1, -0.05) is 0 Å². The summed E-state index contributed by atoms with van der Waals surface area (Å²) in [6, 6.07) is 3.86. The second-order valence-corrected chi connectivity index (χ2v) is 3.58. The van der Waals surface area contributed by atoms with E-state index < -0.39 is 17.8 Å². The van der Waals surface area contributed by atoms with Gasteiger partial charge in [-0.3, -0.25) is 4.79 Å². The van der Waals surface area contributed by atoms with Crippen LogP contribution >= 0.6 is 0 Å². The average Bonchev–Trinajstić information content (AvgIpc) is 2.36. The lowest BCUT2D eigenvalue weighted by Crippen LogP contribution is -2.09. The van der Waals surface area contributed by atoms with Crippen LogP contribution in [0, 0.1) is 0 Å². The highest BCUT2D eigenvalue weighted by Crippen LogP contribution is 2.22. The zero-order valence-corrected chi connectivity index (χ0v) is 10.1. The SMILES string of the molecule is [O]C(=O)/C=C/c1cc(O)ccc1NC(=O)/C=C/C(=O)O. The van der Waals surface area contributed by atoms with E-state index >= 15 is 0 Å². The molecule has 0 spiro atoms. The molecule has 0 aliphatic carbocycles. The number of amides is 1. The van der Waals surface area contributed by atoms with Crippen molar-refractivity contribution in [2.75, 3.05) is 5.32 Å². The predicted octanol–water partition coefficient (Wildman–Crippen LogP) is 0.942. The van der Waals surface area contributed by atoms with Crippen LogP contribution in [0.5, 0.6) is 5.75 Å². The third-order valence-corrected chi connectivity index (χ3v) is 2.07. The van der Waals surface area contributed by atoms with E-state index in [0.717, 1.165) is 18.2 Å². The van der Waals surface area contributed by atoms with Crippen LogP contribution in [0.3, 0.4) is 0 Å². The van der Waals surface area contributed by atoms with Gasteiger partial charge in [0.25, 0.3) is 0 Å². The van der Waals surface area contributed by atoms with Crippen molar-refractivity contribution < 1.29 is 29.7 Å². The largest absolute Gasteiger partial charge is 0.508 e. The van der Waals surface area contributed by atoms with E-state index in [2.05, 4.69) is 5.32 Å². The minimum Gasteiger partial charge on any atom is -0.508 e. The molecule has 3 N–H and O–H groups in total. The number of carbonyl (C=O) groups is 3. The maximum absolute atomic E-state index is 11.4. The summed E-state index contributed by atoms with van der Waals surface area (Å²) in [5.74, 6) is -3.54. The van der Waals surface area contributed by atoms with Crippen molar-refractivity contribution in [3.05, 3.63) is 42.0 Å². The monoisotopic (exact) mass is 276 g/mol. The Hall–Kier alpha value is -3.09. The number of nitrogens with one attached hydrogen (secondary N) is 1. The Labute approximate surface area is 113 Å². The van der Waals surface area contributed by atoms with Gasteiger partial charge in [-0.2, -0.15) is 0 Å². The van der Waals surface area contributed by atoms with E-state index in [9.17, 15) is 24.6 Å². The summed E-state index contributed by atoms with van der Waals surface area (Å²) in [6.45, 7) is 0. The molecule has 0 aliphatic rings. The van der Waals surface area contributed by atoms with E-state index in [1.54, 1.807) is 0 Å². The smallest absolute Gasteiger partial charge is 0.379 e. The number of phenolic OH excluding ortho intramolecular Hbond substituents is 1. The molecule has 0 bridgehead atoms. The number of rotatable bonds is 5. The molecule has 20 heavy (non-hydrogen) atoms. The summed E-state index contributed by atoms with van der Waals surface area (Å²) in [6.07, 6.45) is 3.33. The van der Waals surface area contributed by atoms with Crippen molar-refractivity contribution >= 4 is 29.6 Å². The highest BCUT2D eigenvalue weighted by molar-refractivity contribution is 6.03. The van der Waals surface area contributed by atoms with Gasteiger partial charge >= 0.3 is 11.9 Å². The first-order valence-corrected chi connectivity index (χ1v) is 5.32. The normalized spacial score (nSPS) is 10.8. The highest BCUT2D eigenvalue weighted by Gasteiger charge is 2.05. The van der Waals surface area contributed by atoms with Crippen molar-refractivity contribution in [1.29, 1.82) is 0 Å². The number of carbonyl (C=O) groups excluding carboxylic acids is 2. The van der Waals surface area contributed by atoms with E-state index in [4.69, 9.17) is 5.11 Å². The molecule has 0 unspecified atom stereocenters. The Morgan fingerprint density at radius 3 is 2.40 bits per heavy atom. The number of aliphatic carboxylic acids is 1. The van der Waals surface area contributed by atoms with Gasteiger partial charge in [-0.15, -0.1) is 0 Å². The fourth-order valence-electron chi connectivity index (χ4n) is 1.28. The van der Waals surface area contributed by atoms with E-state index in [0.29, 0.717) is 6.08 Å². The van der Waals surface area contributed by atoms with Crippen LogP contribution < -0.4 is 5.32 Å². The zero-order valence-electron chi connectivity index (χ0n) is 10.1. The Morgan fingerprint density at radius 1 is 1.10 bits per heavy atom. The maximum atomic E-state index is 11.4. The van der Waals surface area contributed by atoms with Crippen LogP contribution in [0.15, 0.2) is 36.4 Å². The molecule has 0 atom stereocenters. The van der Waals surface area contributed by atoms with Crippen molar-refractivity contribution in [2.24, 2.45) is 0 Å². The molecule has 0 saturated carbocycles. The van der Waals surface area contributed by atoms with Crippen LogP contribution in [-0.4, -0.2) is 28.1 Å². The van der Waals surface area contributed by atoms with Gasteiger partial charge in [0.15, 0.2) is 0 Å². The van der Waals surface area contributed by atoms with Crippen LogP contribution in [0.25, 0.3) is 6.08 Å². The molecule has 1 rings (SSSR count). The van der Waals surface area contributed by atoms with Gasteiger partial charge in [0, 0.05) is 29.5 Å². The summed E-state index contributed by atoms with van der Waals surface area (Å²) >= 11 is 0. The van der Waals surface area contributed by atoms with Crippen molar-refractivity contribution in [3.8, 4) is 5.75 Å². The van der Waals surface area contributed by atoms with E-state index in [-0.39, 0.29) is 17.0 Å². The third kappa shape index (κ3) is 5.05. The Bertz CT molecular complexity index is 603. The fourth-order valence-corrected chi connectivity index (χ4v) is 1.28. The fraction of sp³-hybridized carbons (Fsp3) is 0. The molecule has 103 valence electrons. The molecule has 7 heteroatoms. The van der Waals surface area contributed by atoms with Crippen LogP contribution in [0.2, 0.25) is 0 Å². The lowest BCUT2D eigenvalue weighted by Gasteiger charge is -2.07. The first kappa shape index (κ1) is 15.0. The molecule has 1 aromatic rings. The second kappa shape index (κ2) is 6.74. The van der Waals surface area contributed by atoms with Gasteiger partial charge < -0.3 is 15.5 Å². The number of benzene rings is 1. The quantitative estimate of drug-likeness (QED) is 0.545. The lowest BCUT2D eigenvalue weighted by molar-refractivity contribution is -0.137. The maximum Gasteiger partial charge on any atom is 0.379 e. The predicted molar refractivity (Wildman–Crippen MR) is 68.2 cm³/mol. The molecule has 0 aliphatic heterocycles. The van der Waals surface area contributed by atoms with Gasteiger partial charge in [0.1, 0.15) is 5.75 Å². The van der Waals surface area contributed by atoms with Gasteiger partial charge in [0.2, 0.25) is 5.91 Å². The summed E-state index contributed by atoms with van der Waals surface area (Å²) < 4.78 is 0. The number of anilines is 1. The van der Waals surface area contributed by atoms with E-state index in [1.807, 2.05) is 0 Å². The molecular weight excluding hydrogens is 266 g/mol. The Balaban J connectivity index is 2.97. The van der Waals surface area contributed by atoms with Crippen molar-refractivity contribution in [1.82, 2.24) is 0 Å². The third-order valence-electron chi connectivity index (χ3n) is 2.07. The topological polar surface area (TPSA) is 124 Å². The number of carboxylic acids is 1. The number of aromatic hydroxyl groups is 1. The standard InChI is InChI=1S/C13H10NO6/c15-9-2-3-10(8(7-9)1-5-12(17)18)14-11(16)4-6-13(19)20/h1-7,15H,(H,14,16)(H,19,20)/b5-1+,6-4+.